The predicted octanol–water partition coefficient (Wildman–Crippen LogP) is 4.77. The van der Waals surface area contributed by atoms with Gasteiger partial charge in [-0.05, 0) is 37.1 Å². The van der Waals surface area contributed by atoms with Crippen molar-refractivity contribution >= 4 is 33.9 Å². The van der Waals surface area contributed by atoms with Crippen LogP contribution in [0.2, 0.25) is 0 Å². The number of anilines is 1. The Morgan fingerprint density at radius 2 is 1.95 bits per heavy atom. The molecule has 4 aromatic heterocycles. The number of hydrogen-bond donors (Lipinski definition) is 5. The molecular formula is C30H28N8O2. The first-order valence-electron chi connectivity index (χ1n) is 13.4. The first kappa shape index (κ1) is 24.0. The molecule has 3 aliphatic rings. The van der Waals surface area contributed by atoms with Crippen molar-refractivity contribution in [2.75, 3.05) is 5.32 Å². The van der Waals surface area contributed by atoms with E-state index in [1.165, 1.54) is 0 Å². The van der Waals surface area contributed by atoms with E-state index in [-0.39, 0.29) is 11.8 Å². The Kier molecular flexibility index (Phi) is 5.92. The van der Waals surface area contributed by atoms with Crippen LogP contribution in [0.25, 0.3) is 33.4 Å². The fourth-order valence-corrected chi connectivity index (χ4v) is 5.56. The molecule has 5 heterocycles. The topological polar surface area (TPSA) is 147 Å². The van der Waals surface area contributed by atoms with Gasteiger partial charge in [0, 0.05) is 70.0 Å². The average molecular weight is 533 g/mol. The van der Waals surface area contributed by atoms with Gasteiger partial charge in [0.25, 0.3) is 0 Å². The number of amides is 1. The molecule has 1 amide bonds. The van der Waals surface area contributed by atoms with Gasteiger partial charge in [-0.1, -0.05) is 18.9 Å². The Morgan fingerprint density at radius 1 is 1.07 bits per heavy atom. The standard InChI is InChI=1S/C30H28N8O2/c31-21-5-6-23(18-7-8-40-16-18)27-25(11-21)36-26(15-33-27)28-24-10-20(13-34-29(24)38-37-28)19-9-22(14-32-12-19)35-30(39)17-3-1-2-4-17/h5-10,12-17,33,36H,1-4,11,31H2,(H,35,39)(H,34,37,38). The predicted molar refractivity (Wildman–Crippen MR) is 153 cm³/mol. The Labute approximate surface area is 230 Å². The lowest BCUT2D eigenvalue weighted by atomic mass is 10.0. The lowest BCUT2D eigenvalue weighted by Crippen LogP contribution is -2.27. The van der Waals surface area contributed by atoms with Crippen LogP contribution in [0.1, 0.15) is 43.4 Å². The average Bonchev–Trinajstić information content (AvgIpc) is 3.75. The molecule has 0 unspecified atom stereocenters. The van der Waals surface area contributed by atoms with Crippen molar-refractivity contribution in [3.05, 3.63) is 96.0 Å². The Morgan fingerprint density at radius 3 is 2.80 bits per heavy atom. The van der Waals surface area contributed by atoms with E-state index in [0.717, 1.165) is 81.8 Å². The lowest BCUT2D eigenvalue weighted by Gasteiger charge is -2.24. The maximum Gasteiger partial charge on any atom is 0.227 e. The van der Waals surface area contributed by atoms with Crippen LogP contribution in [0.3, 0.4) is 0 Å². The van der Waals surface area contributed by atoms with Crippen molar-refractivity contribution in [3.8, 4) is 11.1 Å². The van der Waals surface area contributed by atoms with Gasteiger partial charge in [-0.3, -0.25) is 14.9 Å². The maximum atomic E-state index is 12.6. The molecule has 6 N–H and O–H groups in total. The molecule has 10 heteroatoms. The number of allylic oxidation sites excluding steroid dienone is 3. The minimum absolute atomic E-state index is 0.0680. The molecular weight excluding hydrogens is 504 g/mol. The molecule has 0 saturated heterocycles. The number of fused-ring (bicyclic) bond motifs is 1. The van der Waals surface area contributed by atoms with Gasteiger partial charge in [-0.25, -0.2) is 4.98 Å². The molecule has 0 atom stereocenters. The largest absolute Gasteiger partial charge is 0.472 e. The molecule has 1 saturated carbocycles. The van der Waals surface area contributed by atoms with E-state index in [0.29, 0.717) is 17.8 Å². The summed E-state index contributed by atoms with van der Waals surface area (Å²) in [6.07, 6.45) is 19.1. The van der Waals surface area contributed by atoms with E-state index in [1.54, 1.807) is 31.1 Å². The second-order valence-electron chi connectivity index (χ2n) is 10.3. The lowest BCUT2D eigenvalue weighted by molar-refractivity contribution is -0.119. The van der Waals surface area contributed by atoms with Crippen LogP contribution in [-0.4, -0.2) is 26.1 Å². The molecule has 40 heavy (non-hydrogen) atoms. The Hall–Kier alpha value is -5.12. The number of carbonyl (C=O) groups is 1. The van der Waals surface area contributed by atoms with Crippen LogP contribution in [-0.2, 0) is 4.79 Å². The third kappa shape index (κ3) is 4.43. The third-order valence-corrected chi connectivity index (χ3v) is 7.64. The van der Waals surface area contributed by atoms with E-state index in [1.807, 2.05) is 36.6 Å². The highest BCUT2D eigenvalue weighted by molar-refractivity contribution is 5.94. The summed E-state index contributed by atoms with van der Waals surface area (Å²) in [5.74, 6) is 0.152. The first-order valence-corrected chi connectivity index (χ1v) is 13.4. The summed E-state index contributed by atoms with van der Waals surface area (Å²) in [6.45, 7) is 0. The molecule has 0 aromatic carbocycles. The number of pyridine rings is 2. The molecule has 10 nitrogen and oxygen atoms in total. The van der Waals surface area contributed by atoms with Crippen molar-refractivity contribution < 1.29 is 9.21 Å². The minimum Gasteiger partial charge on any atom is -0.472 e. The van der Waals surface area contributed by atoms with Crippen molar-refractivity contribution in [2.24, 2.45) is 11.7 Å². The van der Waals surface area contributed by atoms with Gasteiger partial charge in [0.15, 0.2) is 5.65 Å². The molecule has 2 aliphatic carbocycles. The summed E-state index contributed by atoms with van der Waals surface area (Å²) in [7, 11) is 0. The smallest absolute Gasteiger partial charge is 0.227 e. The summed E-state index contributed by atoms with van der Waals surface area (Å²) in [4.78, 5) is 21.6. The zero-order valence-electron chi connectivity index (χ0n) is 21.7. The molecule has 4 aromatic rings. The number of rotatable bonds is 5. The van der Waals surface area contributed by atoms with Gasteiger partial charge in [0.05, 0.1) is 41.5 Å². The normalized spacial score (nSPS) is 17.4. The van der Waals surface area contributed by atoms with Crippen LogP contribution in [0.5, 0.6) is 0 Å². The summed E-state index contributed by atoms with van der Waals surface area (Å²) in [5.41, 5.74) is 15.5. The molecule has 0 bridgehead atoms. The quantitative estimate of drug-likeness (QED) is 0.247. The summed E-state index contributed by atoms with van der Waals surface area (Å²) in [6, 6.07) is 5.89. The highest BCUT2D eigenvalue weighted by Crippen LogP contribution is 2.34. The second-order valence-corrected chi connectivity index (χ2v) is 10.3. The summed E-state index contributed by atoms with van der Waals surface area (Å²) in [5, 5.41) is 18.5. The number of nitrogens with one attached hydrogen (secondary N) is 4. The van der Waals surface area contributed by atoms with Crippen LogP contribution in [0.4, 0.5) is 5.69 Å². The number of nitrogens with zero attached hydrogens (tertiary/aromatic N) is 3. The number of furan rings is 1. The van der Waals surface area contributed by atoms with Gasteiger partial charge in [0.1, 0.15) is 0 Å². The van der Waals surface area contributed by atoms with E-state index >= 15 is 0 Å². The number of aromatic amines is 1. The van der Waals surface area contributed by atoms with Crippen molar-refractivity contribution in [1.82, 2.24) is 30.8 Å². The van der Waals surface area contributed by atoms with Gasteiger partial charge in [-0.2, -0.15) is 5.10 Å². The third-order valence-electron chi connectivity index (χ3n) is 7.64. The number of nitrogens with two attached hydrogens (primary N) is 1. The minimum atomic E-state index is 0.0680. The van der Waals surface area contributed by atoms with Gasteiger partial charge in [-0.15, -0.1) is 0 Å². The zero-order chi connectivity index (χ0) is 27.1. The monoisotopic (exact) mass is 532 g/mol. The van der Waals surface area contributed by atoms with E-state index < -0.39 is 0 Å². The molecule has 0 radical (unpaired) electrons. The molecule has 200 valence electrons. The summed E-state index contributed by atoms with van der Waals surface area (Å²) < 4.78 is 5.32. The number of aromatic nitrogens is 4. The van der Waals surface area contributed by atoms with E-state index in [4.69, 9.17) is 10.2 Å². The molecule has 0 spiro atoms. The van der Waals surface area contributed by atoms with Crippen molar-refractivity contribution in [1.29, 1.82) is 0 Å². The fourth-order valence-electron chi connectivity index (χ4n) is 5.56. The highest BCUT2D eigenvalue weighted by Gasteiger charge is 2.24. The van der Waals surface area contributed by atoms with Crippen LogP contribution < -0.4 is 21.7 Å². The van der Waals surface area contributed by atoms with Crippen LogP contribution in [0.15, 0.2) is 89.2 Å². The Bertz CT molecular complexity index is 1740. The summed E-state index contributed by atoms with van der Waals surface area (Å²) >= 11 is 0. The highest BCUT2D eigenvalue weighted by atomic mass is 16.3. The van der Waals surface area contributed by atoms with E-state index in [9.17, 15) is 4.79 Å². The van der Waals surface area contributed by atoms with Crippen molar-refractivity contribution in [2.45, 2.75) is 32.1 Å². The van der Waals surface area contributed by atoms with Crippen LogP contribution >= 0.6 is 0 Å². The number of H-pyrrole nitrogens is 1. The van der Waals surface area contributed by atoms with Crippen molar-refractivity contribution in [3.63, 3.8) is 0 Å². The maximum absolute atomic E-state index is 12.6. The Balaban J connectivity index is 1.17. The van der Waals surface area contributed by atoms with Gasteiger partial charge >= 0.3 is 0 Å². The molecule has 7 rings (SSSR count). The number of carbonyl (C=O) groups excluding carboxylic acids is 1. The second kappa shape index (κ2) is 9.88. The van der Waals surface area contributed by atoms with Gasteiger partial charge < -0.3 is 26.1 Å². The first-order chi connectivity index (χ1) is 19.6. The number of hydrogen-bond acceptors (Lipinski definition) is 8. The van der Waals surface area contributed by atoms with Crippen LogP contribution in [0, 0.1) is 5.92 Å². The molecule has 1 aliphatic heterocycles. The van der Waals surface area contributed by atoms with Gasteiger partial charge in [0.2, 0.25) is 5.91 Å². The SMILES string of the molecule is NC1=CC=C(c2ccoc2)C2=C(C1)NC(c1[nH]nc3ncc(-c4cncc(NC(=O)C5CCCC5)c4)cc13)=CN2. The molecule has 1 fully saturated rings. The fraction of sp³-hybridized carbons (Fsp3) is 0.200. The van der Waals surface area contributed by atoms with E-state index in [2.05, 4.69) is 36.1 Å². The zero-order valence-corrected chi connectivity index (χ0v) is 21.7.